The van der Waals surface area contributed by atoms with Crippen LogP contribution < -0.4 is 10.6 Å². The first kappa shape index (κ1) is 15.8. The van der Waals surface area contributed by atoms with Crippen molar-refractivity contribution in [1.82, 2.24) is 10.6 Å². The van der Waals surface area contributed by atoms with Crippen LogP contribution in [0, 0.1) is 0 Å². The van der Waals surface area contributed by atoms with E-state index >= 15 is 0 Å². The van der Waals surface area contributed by atoms with E-state index in [1.807, 2.05) is 37.3 Å². The lowest BCUT2D eigenvalue weighted by Crippen LogP contribution is -2.29. The van der Waals surface area contributed by atoms with Crippen molar-refractivity contribution < 1.29 is 14.0 Å². The van der Waals surface area contributed by atoms with Crippen molar-refractivity contribution in [3.05, 3.63) is 60.1 Å². The van der Waals surface area contributed by atoms with Crippen LogP contribution >= 0.6 is 0 Å². The third kappa shape index (κ3) is 5.09. The number of furan rings is 1. The maximum absolute atomic E-state index is 11.9. The van der Waals surface area contributed by atoms with E-state index in [-0.39, 0.29) is 30.7 Å². The molecule has 0 saturated heterocycles. The van der Waals surface area contributed by atoms with Gasteiger partial charge in [-0.3, -0.25) is 9.59 Å². The van der Waals surface area contributed by atoms with E-state index in [0.717, 1.165) is 5.56 Å². The van der Waals surface area contributed by atoms with E-state index in [2.05, 4.69) is 10.6 Å². The molecule has 1 heterocycles. The zero-order valence-electron chi connectivity index (χ0n) is 12.5. The molecule has 0 fully saturated rings. The Hall–Kier alpha value is -2.56. The number of benzene rings is 1. The molecule has 116 valence electrons. The fraction of sp³-hybridized carbons (Fsp3) is 0.294. The second-order valence-corrected chi connectivity index (χ2v) is 5.06. The number of nitrogens with one attached hydrogen (secondary N) is 2. The highest BCUT2D eigenvalue weighted by Crippen LogP contribution is 2.11. The average Bonchev–Trinajstić information content (AvgIpc) is 3.05. The molecule has 2 N–H and O–H groups in total. The molecule has 2 amide bonds. The van der Waals surface area contributed by atoms with Crippen LogP contribution in [0.25, 0.3) is 0 Å². The zero-order valence-corrected chi connectivity index (χ0v) is 12.5. The molecule has 0 aliphatic carbocycles. The summed E-state index contributed by atoms with van der Waals surface area (Å²) in [7, 11) is 0. The molecule has 1 aromatic heterocycles. The smallest absolute Gasteiger partial charge is 0.220 e. The minimum atomic E-state index is -0.168. The minimum absolute atomic E-state index is 0.0696. The third-order valence-electron chi connectivity index (χ3n) is 3.30. The summed E-state index contributed by atoms with van der Waals surface area (Å²) in [5.74, 6) is 0.388. The summed E-state index contributed by atoms with van der Waals surface area (Å²) in [6.45, 7) is 2.26. The predicted molar refractivity (Wildman–Crippen MR) is 82.8 cm³/mol. The van der Waals surface area contributed by atoms with Crippen molar-refractivity contribution in [3.8, 4) is 0 Å². The van der Waals surface area contributed by atoms with Crippen molar-refractivity contribution in [2.24, 2.45) is 0 Å². The van der Waals surface area contributed by atoms with Crippen molar-refractivity contribution in [3.63, 3.8) is 0 Å². The molecule has 0 radical (unpaired) electrons. The summed E-state index contributed by atoms with van der Waals surface area (Å²) in [6.07, 6.45) is 1.88. The summed E-state index contributed by atoms with van der Waals surface area (Å²) in [4.78, 5) is 23.5. The van der Waals surface area contributed by atoms with Crippen LogP contribution in [0.15, 0.2) is 53.1 Å². The molecule has 2 aromatic rings. The monoisotopic (exact) mass is 300 g/mol. The molecule has 22 heavy (non-hydrogen) atoms. The Balaban J connectivity index is 1.67. The van der Waals surface area contributed by atoms with E-state index < -0.39 is 0 Å². The highest BCUT2D eigenvalue weighted by Gasteiger charge is 2.11. The molecular weight excluding hydrogens is 280 g/mol. The van der Waals surface area contributed by atoms with Crippen LogP contribution in [0.1, 0.15) is 37.1 Å². The molecule has 0 bridgehead atoms. The minimum Gasteiger partial charge on any atom is -0.467 e. The quantitative estimate of drug-likeness (QED) is 0.825. The van der Waals surface area contributed by atoms with Gasteiger partial charge >= 0.3 is 0 Å². The van der Waals surface area contributed by atoms with Crippen LogP contribution in [0.5, 0.6) is 0 Å². The molecule has 0 aliphatic heterocycles. The second-order valence-electron chi connectivity index (χ2n) is 5.06. The molecular formula is C17H20N2O3. The van der Waals surface area contributed by atoms with Gasteiger partial charge in [-0.25, -0.2) is 0 Å². The molecule has 0 saturated carbocycles. The maximum atomic E-state index is 11.9. The molecule has 0 unspecified atom stereocenters. The van der Waals surface area contributed by atoms with Crippen molar-refractivity contribution in [2.75, 3.05) is 0 Å². The van der Waals surface area contributed by atoms with Crippen molar-refractivity contribution in [1.29, 1.82) is 0 Å². The average molecular weight is 300 g/mol. The number of hydrogen-bond donors (Lipinski definition) is 2. The fourth-order valence-corrected chi connectivity index (χ4v) is 2.05. The second kappa shape index (κ2) is 8.02. The third-order valence-corrected chi connectivity index (χ3v) is 3.30. The molecule has 0 spiro atoms. The molecule has 1 aromatic carbocycles. The highest BCUT2D eigenvalue weighted by molar-refractivity contribution is 5.83. The first-order valence-electron chi connectivity index (χ1n) is 7.28. The van der Waals surface area contributed by atoms with Gasteiger partial charge in [0, 0.05) is 12.8 Å². The van der Waals surface area contributed by atoms with Gasteiger partial charge in [0.1, 0.15) is 5.76 Å². The first-order valence-corrected chi connectivity index (χ1v) is 7.28. The van der Waals surface area contributed by atoms with Gasteiger partial charge in [-0.1, -0.05) is 30.3 Å². The fourth-order valence-electron chi connectivity index (χ4n) is 2.05. The lowest BCUT2D eigenvalue weighted by atomic mass is 10.1. The Labute approximate surface area is 129 Å². The van der Waals surface area contributed by atoms with Gasteiger partial charge < -0.3 is 15.1 Å². The molecule has 1 atom stereocenters. The highest BCUT2D eigenvalue weighted by atomic mass is 16.3. The van der Waals surface area contributed by atoms with E-state index in [9.17, 15) is 9.59 Å². The Bertz CT molecular complexity index is 594. The van der Waals surface area contributed by atoms with E-state index in [4.69, 9.17) is 4.42 Å². The van der Waals surface area contributed by atoms with E-state index in [0.29, 0.717) is 12.3 Å². The molecule has 0 aliphatic rings. The van der Waals surface area contributed by atoms with Crippen molar-refractivity contribution >= 4 is 11.8 Å². The van der Waals surface area contributed by atoms with E-state index in [1.54, 1.807) is 18.4 Å². The van der Waals surface area contributed by atoms with Gasteiger partial charge in [-0.15, -0.1) is 0 Å². The van der Waals surface area contributed by atoms with Crippen LogP contribution in [0.3, 0.4) is 0 Å². The standard InChI is InChI=1S/C17H20N2O3/c1-13(14-6-3-2-4-7-14)19-17(21)10-9-16(20)18-12-15-8-5-11-22-15/h2-8,11,13H,9-10,12H2,1H3,(H,18,20)(H,19,21)/t13-/m0/s1. The van der Waals surface area contributed by atoms with E-state index in [1.165, 1.54) is 0 Å². The normalized spacial score (nSPS) is 11.7. The van der Waals surface area contributed by atoms with Gasteiger partial charge in [0.25, 0.3) is 0 Å². The van der Waals surface area contributed by atoms with Gasteiger partial charge in [-0.05, 0) is 24.6 Å². The van der Waals surface area contributed by atoms with Gasteiger partial charge in [0.05, 0.1) is 18.8 Å². The SMILES string of the molecule is C[C@H](NC(=O)CCC(=O)NCc1ccco1)c1ccccc1. The summed E-state index contributed by atoms with van der Waals surface area (Å²) >= 11 is 0. The molecule has 2 rings (SSSR count). The lowest BCUT2D eigenvalue weighted by molar-refractivity contribution is -0.126. The first-order chi connectivity index (χ1) is 10.6. The van der Waals surface area contributed by atoms with Crippen LogP contribution in [-0.2, 0) is 16.1 Å². The summed E-state index contributed by atoms with van der Waals surface area (Å²) in [6, 6.07) is 13.2. The van der Waals surface area contributed by atoms with Gasteiger partial charge in [0.2, 0.25) is 11.8 Å². The summed E-state index contributed by atoms with van der Waals surface area (Å²) in [5, 5.41) is 5.60. The van der Waals surface area contributed by atoms with Gasteiger partial charge in [-0.2, -0.15) is 0 Å². The lowest BCUT2D eigenvalue weighted by Gasteiger charge is -2.14. The summed E-state index contributed by atoms with van der Waals surface area (Å²) < 4.78 is 5.12. The maximum Gasteiger partial charge on any atom is 0.220 e. The Kier molecular flexibility index (Phi) is 5.77. The topological polar surface area (TPSA) is 71.3 Å². The Morgan fingerprint density at radius 1 is 1.05 bits per heavy atom. The number of carbonyl (C=O) groups excluding carboxylic acids is 2. The Morgan fingerprint density at radius 2 is 1.77 bits per heavy atom. The number of amides is 2. The zero-order chi connectivity index (χ0) is 15.8. The van der Waals surface area contributed by atoms with Crippen LogP contribution in [0.2, 0.25) is 0 Å². The largest absolute Gasteiger partial charge is 0.467 e. The Morgan fingerprint density at radius 3 is 2.45 bits per heavy atom. The summed E-state index contributed by atoms with van der Waals surface area (Å²) in [5.41, 5.74) is 1.04. The molecule has 5 nitrogen and oxygen atoms in total. The number of rotatable bonds is 7. The molecule has 5 heteroatoms. The van der Waals surface area contributed by atoms with Gasteiger partial charge in [0.15, 0.2) is 0 Å². The van der Waals surface area contributed by atoms with Crippen molar-refractivity contribution in [2.45, 2.75) is 32.4 Å². The number of hydrogen-bond acceptors (Lipinski definition) is 3. The number of carbonyl (C=O) groups is 2. The van der Waals surface area contributed by atoms with Crippen LogP contribution in [0.4, 0.5) is 0 Å². The van der Waals surface area contributed by atoms with Crippen LogP contribution in [-0.4, -0.2) is 11.8 Å². The predicted octanol–water partition coefficient (Wildman–Crippen LogP) is 2.55.